The summed E-state index contributed by atoms with van der Waals surface area (Å²) in [7, 11) is 2.47. The molecule has 0 N–H and O–H groups in total. The molecule has 4 aromatic carbocycles. The van der Waals surface area contributed by atoms with E-state index in [1.165, 1.54) is 43.4 Å². The summed E-state index contributed by atoms with van der Waals surface area (Å²) in [6, 6.07) is 18.6. The Morgan fingerprint density at radius 1 is 0.953 bits per heavy atom. The zero-order chi connectivity index (χ0) is 30.9. The van der Waals surface area contributed by atoms with Gasteiger partial charge in [0.15, 0.2) is 0 Å². The number of hydrogen-bond acceptors (Lipinski definition) is 7. The molecule has 1 unspecified atom stereocenters. The van der Waals surface area contributed by atoms with Gasteiger partial charge in [0.1, 0.15) is 23.1 Å². The normalized spacial score (nSPS) is 14.5. The van der Waals surface area contributed by atoms with Crippen LogP contribution in [-0.2, 0) is 15.7 Å². The standard InChI is InChI=1S/C31H23F4N3O5/c1-42-27-14-13-21(31(33,34)35)16-26(27)37-25(17-28(39)43-2)23-7-4-8-24(32)29(23)36-30(37)19-11-9-18(10-12-19)20-5-3-6-22(15-20)38(40)41/h3-16,25H,17H2,1-2H3. The fraction of sp³-hybridized carbons (Fsp3) is 0.161. The Kier molecular flexibility index (Phi) is 7.85. The third-order valence-electron chi connectivity index (χ3n) is 7.02. The van der Waals surface area contributed by atoms with E-state index in [0.29, 0.717) is 16.7 Å². The molecule has 0 fully saturated rings. The Balaban J connectivity index is 1.73. The number of benzene rings is 4. The lowest BCUT2D eigenvalue weighted by atomic mass is 9.94. The number of carbonyl (C=O) groups excluding carboxylic acids is 1. The molecule has 43 heavy (non-hydrogen) atoms. The Hall–Kier alpha value is -5.26. The maximum Gasteiger partial charge on any atom is 0.416 e. The quantitative estimate of drug-likeness (QED) is 0.0947. The third-order valence-corrected chi connectivity index (χ3v) is 7.02. The Bertz CT molecular complexity index is 1740. The number of nitrogens with zero attached hydrogens (tertiary/aromatic N) is 3. The van der Waals surface area contributed by atoms with E-state index in [-0.39, 0.29) is 40.6 Å². The number of aliphatic imine (C=N–C) groups is 1. The van der Waals surface area contributed by atoms with E-state index in [0.717, 1.165) is 18.2 Å². The van der Waals surface area contributed by atoms with Crippen LogP contribution in [0.2, 0.25) is 0 Å². The molecule has 0 bridgehead atoms. The molecule has 0 saturated carbocycles. The van der Waals surface area contributed by atoms with Crippen molar-refractivity contribution in [1.29, 1.82) is 0 Å². The van der Waals surface area contributed by atoms with Crippen molar-refractivity contribution in [2.24, 2.45) is 4.99 Å². The molecule has 1 heterocycles. The van der Waals surface area contributed by atoms with Crippen LogP contribution in [-0.4, -0.2) is 30.9 Å². The van der Waals surface area contributed by atoms with Gasteiger partial charge in [-0.2, -0.15) is 13.2 Å². The lowest BCUT2D eigenvalue weighted by Crippen LogP contribution is -2.39. The molecule has 12 heteroatoms. The van der Waals surface area contributed by atoms with Gasteiger partial charge in [-0.05, 0) is 35.4 Å². The van der Waals surface area contributed by atoms with E-state index in [1.54, 1.807) is 42.5 Å². The summed E-state index contributed by atoms with van der Waals surface area (Å²) < 4.78 is 67.1. The number of rotatable bonds is 7. The molecule has 5 rings (SSSR count). The summed E-state index contributed by atoms with van der Waals surface area (Å²) in [6.07, 6.45) is -5.05. The SMILES string of the molecule is COC(=O)CC1c2cccc(F)c2N=C(c2ccc(-c3cccc([N+](=O)[O-])c3)cc2)N1c1cc(C(F)(F)F)ccc1OC. The van der Waals surface area contributed by atoms with Crippen molar-refractivity contribution in [3.63, 3.8) is 0 Å². The van der Waals surface area contributed by atoms with Gasteiger partial charge in [0.25, 0.3) is 5.69 Å². The van der Waals surface area contributed by atoms with Crippen molar-refractivity contribution in [2.45, 2.75) is 18.6 Å². The van der Waals surface area contributed by atoms with Crippen molar-refractivity contribution >= 4 is 28.9 Å². The first kappa shape index (κ1) is 29.2. The highest BCUT2D eigenvalue weighted by Crippen LogP contribution is 2.46. The maximum absolute atomic E-state index is 15.2. The van der Waals surface area contributed by atoms with E-state index in [9.17, 15) is 28.1 Å². The molecule has 4 aromatic rings. The van der Waals surface area contributed by atoms with Gasteiger partial charge in [0.2, 0.25) is 0 Å². The average Bonchev–Trinajstić information content (AvgIpc) is 3.00. The number of fused-ring (bicyclic) bond motifs is 1. The molecule has 1 aliphatic rings. The van der Waals surface area contributed by atoms with Crippen LogP contribution < -0.4 is 9.64 Å². The topological polar surface area (TPSA) is 94.3 Å². The number of carbonyl (C=O) groups is 1. The first-order valence-corrected chi connectivity index (χ1v) is 12.9. The van der Waals surface area contributed by atoms with E-state index in [4.69, 9.17) is 9.47 Å². The molecule has 0 aliphatic carbocycles. The molecule has 0 radical (unpaired) electrons. The number of hydrogen-bond donors (Lipinski definition) is 0. The second-order valence-electron chi connectivity index (χ2n) is 9.55. The number of non-ortho nitro benzene ring substituents is 1. The van der Waals surface area contributed by atoms with E-state index < -0.39 is 34.5 Å². The summed E-state index contributed by atoms with van der Waals surface area (Å²) in [5, 5.41) is 11.3. The van der Waals surface area contributed by atoms with E-state index in [1.807, 2.05) is 0 Å². The monoisotopic (exact) mass is 593 g/mol. The van der Waals surface area contributed by atoms with Crippen LogP contribution in [0.15, 0.2) is 89.9 Å². The van der Waals surface area contributed by atoms with Gasteiger partial charge in [0.05, 0.1) is 42.9 Å². The highest BCUT2D eigenvalue weighted by molar-refractivity contribution is 6.14. The van der Waals surface area contributed by atoms with Gasteiger partial charge in [-0.1, -0.05) is 48.5 Å². The summed E-state index contributed by atoms with van der Waals surface area (Å²) >= 11 is 0. The second-order valence-corrected chi connectivity index (χ2v) is 9.55. The summed E-state index contributed by atoms with van der Waals surface area (Å²) in [5.74, 6) is -1.26. The number of nitro benzene ring substituents is 1. The smallest absolute Gasteiger partial charge is 0.416 e. The lowest BCUT2D eigenvalue weighted by molar-refractivity contribution is -0.384. The number of amidine groups is 1. The van der Waals surface area contributed by atoms with E-state index in [2.05, 4.69) is 4.99 Å². The predicted molar refractivity (Wildman–Crippen MR) is 151 cm³/mol. The minimum Gasteiger partial charge on any atom is -0.495 e. The van der Waals surface area contributed by atoms with Crippen molar-refractivity contribution in [1.82, 2.24) is 0 Å². The maximum atomic E-state index is 15.2. The van der Waals surface area contributed by atoms with Crippen molar-refractivity contribution in [3.05, 3.63) is 118 Å². The minimum atomic E-state index is -4.70. The molecule has 0 saturated heterocycles. The van der Waals surface area contributed by atoms with Crippen LogP contribution in [0.4, 0.5) is 34.6 Å². The molecule has 1 aliphatic heterocycles. The first-order chi connectivity index (χ1) is 20.5. The van der Waals surface area contributed by atoms with E-state index >= 15 is 4.39 Å². The van der Waals surface area contributed by atoms with Crippen molar-refractivity contribution < 1.29 is 36.8 Å². The zero-order valence-electron chi connectivity index (χ0n) is 22.8. The number of ether oxygens (including phenoxy) is 2. The summed E-state index contributed by atoms with van der Waals surface area (Å²) in [6.45, 7) is 0. The lowest BCUT2D eigenvalue weighted by Gasteiger charge is -2.39. The number of para-hydroxylation sites is 1. The molecule has 0 spiro atoms. The number of nitro groups is 1. The second kappa shape index (κ2) is 11.6. The van der Waals surface area contributed by atoms with Crippen LogP contribution >= 0.6 is 0 Å². The number of anilines is 1. The van der Waals surface area contributed by atoms with Crippen LogP contribution in [0.25, 0.3) is 11.1 Å². The Morgan fingerprint density at radius 3 is 2.30 bits per heavy atom. The van der Waals surface area contributed by atoms with Crippen molar-refractivity contribution in [3.8, 4) is 16.9 Å². The molecule has 0 aromatic heterocycles. The number of esters is 1. The number of alkyl halides is 3. The molecule has 0 amide bonds. The minimum absolute atomic E-state index is 0.0507. The van der Waals surface area contributed by atoms with Gasteiger partial charge in [-0.15, -0.1) is 0 Å². The van der Waals surface area contributed by atoms with Gasteiger partial charge in [-0.25, -0.2) is 9.38 Å². The fourth-order valence-electron chi connectivity index (χ4n) is 4.96. The third kappa shape index (κ3) is 5.76. The summed E-state index contributed by atoms with van der Waals surface area (Å²) in [4.78, 5) is 29.3. The first-order valence-electron chi connectivity index (χ1n) is 12.9. The van der Waals surface area contributed by atoms with Crippen LogP contribution in [0.5, 0.6) is 5.75 Å². The highest BCUT2D eigenvalue weighted by Gasteiger charge is 2.38. The van der Waals surface area contributed by atoms with Gasteiger partial charge < -0.3 is 14.4 Å². The van der Waals surface area contributed by atoms with Crippen molar-refractivity contribution in [2.75, 3.05) is 19.1 Å². The number of methoxy groups -OCH3 is 2. The van der Waals surface area contributed by atoms with Crippen LogP contribution in [0, 0.1) is 15.9 Å². The molecule has 8 nitrogen and oxygen atoms in total. The van der Waals surface area contributed by atoms with Gasteiger partial charge >= 0.3 is 12.1 Å². The average molecular weight is 594 g/mol. The zero-order valence-corrected chi connectivity index (χ0v) is 22.8. The fourth-order valence-corrected chi connectivity index (χ4v) is 4.96. The molecular weight excluding hydrogens is 570 g/mol. The predicted octanol–water partition coefficient (Wildman–Crippen LogP) is 7.63. The summed E-state index contributed by atoms with van der Waals surface area (Å²) in [5.41, 5.74) is 0.620. The largest absolute Gasteiger partial charge is 0.495 e. The van der Waals surface area contributed by atoms with Crippen LogP contribution in [0.1, 0.15) is 29.2 Å². The van der Waals surface area contributed by atoms with Crippen LogP contribution in [0.3, 0.4) is 0 Å². The Morgan fingerprint density at radius 2 is 1.65 bits per heavy atom. The van der Waals surface area contributed by atoms with Gasteiger partial charge in [0, 0.05) is 23.3 Å². The van der Waals surface area contributed by atoms with Gasteiger partial charge in [-0.3, -0.25) is 14.9 Å². The number of halogens is 4. The Labute approximate surface area is 243 Å². The highest BCUT2D eigenvalue weighted by atomic mass is 19.4. The molecule has 1 atom stereocenters. The molecular formula is C31H23F4N3O5. The molecule has 220 valence electrons.